The van der Waals surface area contributed by atoms with Crippen LogP contribution in [0.1, 0.15) is 142 Å². The Morgan fingerprint density at radius 2 is 1.07 bits per heavy atom. The molecule has 1 fully saturated rings. The van der Waals surface area contributed by atoms with Gasteiger partial charge in [-0.05, 0) is 157 Å². The summed E-state index contributed by atoms with van der Waals surface area (Å²) in [4.78, 5) is 7.88. The Morgan fingerprint density at radius 3 is 1.78 bits per heavy atom. The second kappa shape index (κ2) is 18.1. The minimum Gasteiger partial charge on any atom is -0.454 e. The average molecular weight is 1100 g/mol. The van der Waals surface area contributed by atoms with Crippen molar-refractivity contribution in [3.05, 3.63) is 215 Å². The monoisotopic (exact) mass is 1100 g/mol. The Bertz CT molecular complexity index is 4450. The topological polar surface area (TPSA) is 22.9 Å². The van der Waals surface area contributed by atoms with Crippen molar-refractivity contribution in [2.45, 2.75) is 136 Å². The van der Waals surface area contributed by atoms with Crippen molar-refractivity contribution in [3.63, 3.8) is 0 Å². The first-order chi connectivity index (χ1) is 39.7. The molecule has 2 aliphatic carbocycles. The van der Waals surface area contributed by atoms with Gasteiger partial charge in [0.25, 0.3) is 6.71 Å². The van der Waals surface area contributed by atoms with E-state index in [0.29, 0.717) is 0 Å². The van der Waals surface area contributed by atoms with E-state index < -0.39 is 0 Å². The molecule has 0 radical (unpaired) electrons. The van der Waals surface area contributed by atoms with E-state index in [-0.39, 0.29) is 33.8 Å². The summed E-state index contributed by atoms with van der Waals surface area (Å²) in [5.41, 5.74) is 25.6. The van der Waals surface area contributed by atoms with Crippen molar-refractivity contribution in [1.29, 1.82) is 0 Å². The summed E-state index contributed by atoms with van der Waals surface area (Å²) < 4.78 is 9.77. The molecule has 4 nitrogen and oxygen atoms in total. The zero-order valence-electron chi connectivity index (χ0n) is 50.4. The van der Waals surface area contributed by atoms with E-state index in [1.807, 2.05) is 11.3 Å². The molecule has 412 valence electrons. The van der Waals surface area contributed by atoms with Gasteiger partial charge >= 0.3 is 0 Å². The minimum atomic E-state index is -0.0879. The molecular weight excluding hydrogens is 1030 g/mol. The molecule has 15 rings (SSSR count). The Labute approximate surface area is 495 Å². The second-order valence-electron chi connectivity index (χ2n) is 28.5. The first-order valence-electron chi connectivity index (χ1n) is 30.3. The highest BCUT2D eigenvalue weighted by atomic mass is 32.1. The summed E-state index contributed by atoms with van der Waals surface area (Å²) in [5.74, 6) is 0. The zero-order chi connectivity index (χ0) is 57.3. The summed E-state index contributed by atoms with van der Waals surface area (Å²) in [7, 11) is 0. The number of furan rings is 1. The fourth-order valence-corrected chi connectivity index (χ4v) is 16.1. The average Bonchev–Trinajstić information content (AvgIpc) is 1.76. The van der Waals surface area contributed by atoms with Crippen LogP contribution in [0.2, 0.25) is 0 Å². The predicted molar refractivity (Wildman–Crippen MR) is 357 cm³/mol. The van der Waals surface area contributed by atoms with Crippen molar-refractivity contribution in [2.24, 2.45) is 0 Å². The molecule has 1 saturated carbocycles. The van der Waals surface area contributed by atoms with Crippen LogP contribution in [0.15, 0.2) is 186 Å². The van der Waals surface area contributed by atoms with Gasteiger partial charge in [-0.3, -0.25) is 0 Å². The van der Waals surface area contributed by atoms with Crippen LogP contribution in [0.4, 0.5) is 51.2 Å². The van der Waals surface area contributed by atoms with Crippen LogP contribution in [0.25, 0.3) is 43.2 Å². The van der Waals surface area contributed by atoms with Crippen molar-refractivity contribution in [2.75, 3.05) is 14.7 Å². The van der Waals surface area contributed by atoms with Crippen LogP contribution >= 0.6 is 11.3 Å². The van der Waals surface area contributed by atoms with Crippen molar-refractivity contribution >= 4 is 117 Å². The maximum absolute atomic E-state index is 7.08. The molecule has 83 heavy (non-hydrogen) atoms. The lowest BCUT2D eigenvalue weighted by Gasteiger charge is -2.45. The third-order valence-electron chi connectivity index (χ3n) is 19.2. The first kappa shape index (κ1) is 52.0. The number of hydrogen-bond acceptors (Lipinski definition) is 5. The van der Waals surface area contributed by atoms with Gasteiger partial charge in [0.1, 0.15) is 5.58 Å². The molecule has 11 aromatic rings. The Morgan fingerprint density at radius 1 is 0.482 bits per heavy atom. The quantitative estimate of drug-likeness (QED) is 0.160. The van der Waals surface area contributed by atoms with E-state index in [9.17, 15) is 0 Å². The van der Waals surface area contributed by atoms with Gasteiger partial charge in [0.2, 0.25) is 0 Å². The fourth-order valence-electron chi connectivity index (χ4n) is 14.8. The molecule has 2 aliphatic heterocycles. The second-order valence-corrected chi connectivity index (χ2v) is 29.6. The largest absolute Gasteiger partial charge is 0.454 e. The number of para-hydroxylation sites is 2. The van der Waals surface area contributed by atoms with E-state index in [0.717, 1.165) is 44.7 Å². The minimum absolute atomic E-state index is 0.00433. The number of rotatable bonds is 5. The summed E-state index contributed by atoms with van der Waals surface area (Å²) in [6, 6.07) is 70.7. The van der Waals surface area contributed by atoms with Crippen LogP contribution < -0.4 is 30.4 Å². The number of thiophene rings is 1. The number of hydrogen-bond donors (Lipinski definition) is 0. The molecule has 0 atom stereocenters. The molecular formula is C77H74BN3OS. The number of benzene rings is 9. The normalized spacial score (nSPS) is 15.3. The molecule has 4 heterocycles. The number of fused-ring (bicyclic) bond motifs is 14. The lowest BCUT2D eigenvalue weighted by molar-refractivity contribution is 0.550. The number of nitrogens with zero attached hydrogens (tertiary/aromatic N) is 3. The van der Waals surface area contributed by atoms with Gasteiger partial charge in [-0.1, -0.05) is 205 Å². The molecule has 6 heteroatoms. The van der Waals surface area contributed by atoms with Crippen LogP contribution in [-0.4, -0.2) is 6.71 Å². The van der Waals surface area contributed by atoms with Gasteiger partial charge < -0.3 is 19.1 Å². The highest BCUT2D eigenvalue weighted by molar-refractivity contribution is 7.33. The molecule has 4 aliphatic rings. The van der Waals surface area contributed by atoms with Crippen LogP contribution in [0.3, 0.4) is 0 Å². The van der Waals surface area contributed by atoms with Gasteiger partial charge in [-0.2, -0.15) is 0 Å². The van der Waals surface area contributed by atoms with Crippen molar-refractivity contribution < 1.29 is 4.42 Å². The molecule has 0 saturated heterocycles. The van der Waals surface area contributed by atoms with E-state index in [2.05, 4.69) is 280 Å². The summed E-state index contributed by atoms with van der Waals surface area (Å²) in [6.45, 7) is 28.0. The van der Waals surface area contributed by atoms with Gasteiger partial charge in [0.15, 0.2) is 5.58 Å². The third-order valence-corrected chi connectivity index (χ3v) is 20.4. The Hall–Kier alpha value is -7.80. The van der Waals surface area contributed by atoms with Crippen LogP contribution in [0, 0.1) is 0 Å². The highest BCUT2D eigenvalue weighted by Crippen LogP contribution is 2.61. The zero-order valence-corrected chi connectivity index (χ0v) is 51.2. The molecule has 2 aromatic heterocycles. The van der Waals surface area contributed by atoms with E-state index in [1.54, 1.807) is 0 Å². The van der Waals surface area contributed by atoms with E-state index in [1.165, 1.54) is 124 Å². The summed E-state index contributed by atoms with van der Waals surface area (Å²) >= 11 is 1.99. The third kappa shape index (κ3) is 7.91. The van der Waals surface area contributed by atoms with E-state index in [4.69, 9.17) is 4.42 Å². The lowest BCUT2D eigenvalue weighted by atomic mass is 9.36. The summed E-state index contributed by atoms with van der Waals surface area (Å²) in [5, 5.41) is 3.51. The maximum atomic E-state index is 7.08. The summed E-state index contributed by atoms with van der Waals surface area (Å²) in [6.07, 6.45) is 4.82. The highest BCUT2D eigenvalue weighted by Gasteiger charge is 2.50. The fraction of sp³-hybridized carbons (Fsp3) is 0.273. The van der Waals surface area contributed by atoms with E-state index >= 15 is 0 Å². The van der Waals surface area contributed by atoms with Crippen LogP contribution in [-0.2, 0) is 27.1 Å². The first-order valence-corrected chi connectivity index (χ1v) is 31.1. The molecule has 9 aromatic carbocycles. The Kier molecular flexibility index (Phi) is 11.4. The molecule has 0 N–H and O–H groups in total. The number of anilines is 9. The maximum Gasteiger partial charge on any atom is 0.264 e. The van der Waals surface area contributed by atoms with Crippen molar-refractivity contribution in [1.82, 2.24) is 0 Å². The van der Waals surface area contributed by atoms with Gasteiger partial charge in [-0.25, -0.2) is 0 Å². The molecule has 0 amide bonds. The predicted octanol–water partition coefficient (Wildman–Crippen LogP) is 20.4. The molecule has 1 spiro atoms. The smallest absolute Gasteiger partial charge is 0.264 e. The van der Waals surface area contributed by atoms with Gasteiger partial charge in [-0.15, -0.1) is 11.3 Å². The Balaban J connectivity index is 1.11. The van der Waals surface area contributed by atoms with Crippen molar-refractivity contribution in [3.8, 4) is 11.1 Å². The lowest BCUT2D eigenvalue weighted by Crippen LogP contribution is -2.60. The molecule has 0 bridgehead atoms. The van der Waals surface area contributed by atoms with Crippen LogP contribution in [0.5, 0.6) is 0 Å². The van der Waals surface area contributed by atoms with Gasteiger partial charge in [0.05, 0.1) is 22.7 Å². The molecule has 0 unspecified atom stereocenters. The standard InChI is InChI=1S/C77H74BN3OS/c1-73(2,3)47-29-35-51(36-30-47)79(63-27-19-23-55-54-21-14-16-28-66(54)82-71(55)63)53-45-64-69-65(46-53)81(62-26-20-25-59-68(62)56-22-13-15-24-58(56)77(59)41-17-18-42-77)61-39-33-50(76(10,11)12)44-60(61)78(69)72-70(57-43-49(75(7,8)9)34-40-67(57)83-72)80(64)52-37-31-48(32-38-52)74(4,5)6/h13-16,19-40,43-46H,17-18,41-42H2,1-12H3. The van der Waals surface area contributed by atoms with Gasteiger partial charge in [0, 0.05) is 65.1 Å². The SMILES string of the molecule is CC(C)(C)c1ccc(N2c3cc(N(c4ccc(C(C)(C)C)cc4)c4cccc5c4oc4ccccc45)cc4c3B(c3cc(C(C)(C)C)ccc3N4c3cccc4c3-c3ccccc3C43CCCC3)c3sc4ccc(C(C)(C)C)cc4c32)cc1.